The number of cyclic esters (lactones) is 1. The Morgan fingerprint density at radius 2 is 1.64 bits per heavy atom. The minimum absolute atomic E-state index is 0.00284. The minimum atomic E-state index is -1.51. The van der Waals surface area contributed by atoms with Crippen molar-refractivity contribution in [3.63, 3.8) is 0 Å². The molecule has 1 spiro atoms. The molecule has 5 aliphatic rings. The van der Waals surface area contributed by atoms with Crippen LogP contribution < -0.4 is 28.4 Å². The van der Waals surface area contributed by atoms with Crippen molar-refractivity contribution in [2.75, 3.05) is 40.8 Å². The predicted octanol–water partition coefficient (Wildman–Crippen LogP) is 3.51. The molecule has 4 aliphatic heterocycles. The molecule has 55 heavy (non-hydrogen) atoms. The summed E-state index contributed by atoms with van der Waals surface area (Å²) in [7, 11) is 2.72. The van der Waals surface area contributed by atoms with Crippen molar-refractivity contribution in [1.82, 2.24) is 0 Å². The van der Waals surface area contributed by atoms with Crippen LogP contribution in [-0.4, -0.2) is 98.5 Å². The van der Waals surface area contributed by atoms with Gasteiger partial charge in [-0.3, -0.25) is 14.9 Å². The largest absolute Gasteiger partial charge is 0.519 e. The number of carbonyl (C=O) groups excluding carboxylic acids is 2. The van der Waals surface area contributed by atoms with Gasteiger partial charge >= 0.3 is 12.1 Å². The first-order valence-corrected chi connectivity index (χ1v) is 17.4. The topological polar surface area (TPSA) is 219 Å². The molecule has 292 valence electrons. The number of hydrogen-bond acceptors (Lipinski definition) is 17. The molecule has 3 fully saturated rings. The van der Waals surface area contributed by atoms with E-state index >= 15 is 0 Å². The number of aliphatic hydroxyl groups is 2. The fraction of sp³-hybridized carbons (Fsp3) is 0.459. The zero-order chi connectivity index (χ0) is 38.6. The van der Waals surface area contributed by atoms with Crippen molar-refractivity contribution in [3.8, 4) is 34.5 Å². The number of hydrogen-bond donors (Lipinski definition) is 2. The Morgan fingerprint density at radius 1 is 0.945 bits per heavy atom. The SMILES string of the molecule is COc1cc([C@@H]2c3cc4c(cc3[C@@H](OC3OCC5(CCOC(C)O5)C(O)C3O)[C@H]3COC(=O)[C@H]23)OCO4)cc(OC)c1OC(=O)Oc1ccc([N+](=O)[O-])cc1. The number of nitrogens with zero attached hydrogens (tertiary/aromatic N) is 1. The molecule has 0 saturated carbocycles. The fourth-order valence-corrected chi connectivity index (χ4v) is 7.98. The Labute approximate surface area is 312 Å². The van der Waals surface area contributed by atoms with Crippen molar-refractivity contribution in [3.05, 3.63) is 75.3 Å². The Hall–Kier alpha value is -5.24. The Balaban J connectivity index is 1.13. The van der Waals surface area contributed by atoms with Crippen LogP contribution >= 0.6 is 0 Å². The number of rotatable bonds is 8. The van der Waals surface area contributed by atoms with E-state index in [-0.39, 0.29) is 48.7 Å². The highest BCUT2D eigenvalue weighted by Gasteiger charge is 2.57. The quantitative estimate of drug-likeness (QED) is 0.145. The highest BCUT2D eigenvalue weighted by molar-refractivity contribution is 5.79. The Bertz CT molecular complexity index is 1960. The maximum absolute atomic E-state index is 13.7. The van der Waals surface area contributed by atoms with Crippen LogP contribution in [0.3, 0.4) is 0 Å². The lowest BCUT2D eigenvalue weighted by Crippen LogP contribution is -2.65. The van der Waals surface area contributed by atoms with Crippen LogP contribution in [0.1, 0.15) is 42.1 Å². The normalized spacial score (nSPS) is 30.5. The Kier molecular flexibility index (Phi) is 9.64. The van der Waals surface area contributed by atoms with Crippen LogP contribution in [0.2, 0.25) is 0 Å². The first-order chi connectivity index (χ1) is 26.5. The Morgan fingerprint density at radius 3 is 2.29 bits per heavy atom. The molecule has 0 bridgehead atoms. The first-order valence-electron chi connectivity index (χ1n) is 17.4. The number of nitro groups is 1. The molecule has 2 N–H and O–H groups in total. The summed E-state index contributed by atoms with van der Waals surface area (Å²) in [4.78, 5) is 37.0. The second-order valence-corrected chi connectivity index (χ2v) is 13.6. The number of ether oxygens (including phenoxy) is 11. The van der Waals surface area contributed by atoms with E-state index in [1.165, 1.54) is 38.5 Å². The molecule has 0 aromatic heterocycles. The third kappa shape index (κ3) is 6.53. The molecule has 18 heteroatoms. The fourth-order valence-electron chi connectivity index (χ4n) is 7.98. The van der Waals surface area contributed by atoms with Crippen LogP contribution in [0.4, 0.5) is 10.5 Å². The lowest BCUT2D eigenvalue weighted by Gasteiger charge is -2.50. The van der Waals surface area contributed by atoms with Crippen molar-refractivity contribution < 1.29 is 76.8 Å². The predicted molar refractivity (Wildman–Crippen MR) is 181 cm³/mol. The van der Waals surface area contributed by atoms with Crippen molar-refractivity contribution >= 4 is 17.8 Å². The van der Waals surface area contributed by atoms with E-state index in [4.69, 9.17) is 52.1 Å². The number of benzene rings is 3. The maximum Gasteiger partial charge on any atom is 0.519 e. The van der Waals surface area contributed by atoms with Crippen LogP contribution in [0.25, 0.3) is 0 Å². The summed E-state index contributed by atoms with van der Waals surface area (Å²) in [5, 5.41) is 33.7. The van der Waals surface area contributed by atoms with Gasteiger partial charge in [-0.15, -0.1) is 0 Å². The van der Waals surface area contributed by atoms with E-state index in [0.717, 1.165) is 0 Å². The highest BCUT2D eigenvalue weighted by atomic mass is 16.7. The van der Waals surface area contributed by atoms with Gasteiger partial charge in [-0.1, -0.05) is 0 Å². The molecule has 4 heterocycles. The zero-order valence-electron chi connectivity index (χ0n) is 29.7. The summed E-state index contributed by atoms with van der Waals surface area (Å²) in [5.41, 5.74) is 0.345. The van der Waals surface area contributed by atoms with Gasteiger partial charge in [0.15, 0.2) is 35.6 Å². The molecule has 9 atom stereocenters. The van der Waals surface area contributed by atoms with Gasteiger partial charge in [-0.05, 0) is 60.0 Å². The molecule has 18 nitrogen and oxygen atoms in total. The van der Waals surface area contributed by atoms with Gasteiger partial charge in [0.05, 0.1) is 51.0 Å². The van der Waals surface area contributed by atoms with Gasteiger partial charge in [-0.25, -0.2) is 4.79 Å². The lowest BCUT2D eigenvalue weighted by molar-refractivity contribution is -0.384. The van der Waals surface area contributed by atoms with E-state index in [9.17, 15) is 29.9 Å². The average Bonchev–Trinajstić information content (AvgIpc) is 3.80. The summed E-state index contributed by atoms with van der Waals surface area (Å²) >= 11 is 0. The molecule has 3 aromatic carbocycles. The minimum Gasteiger partial charge on any atom is -0.493 e. The van der Waals surface area contributed by atoms with Crippen molar-refractivity contribution in [2.24, 2.45) is 11.8 Å². The third-order valence-electron chi connectivity index (χ3n) is 10.6. The van der Waals surface area contributed by atoms with Gasteiger partial charge in [0.25, 0.3) is 5.69 Å². The van der Waals surface area contributed by atoms with Crippen LogP contribution in [0.15, 0.2) is 48.5 Å². The number of nitro benzene ring substituents is 1. The van der Waals surface area contributed by atoms with Crippen LogP contribution in [-0.2, 0) is 28.5 Å². The zero-order valence-corrected chi connectivity index (χ0v) is 29.7. The van der Waals surface area contributed by atoms with E-state index < -0.39 is 71.3 Å². The number of non-ortho nitro benzene ring substituents is 1. The molecule has 3 saturated heterocycles. The maximum atomic E-state index is 13.7. The van der Waals surface area contributed by atoms with E-state index in [1.54, 1.807) is 31.2 Å². The van der Waals surface area contributed by atoms with Crippen molar-refractivity contribution in [2.45, 2.75) is 55.8 Å². The standard InChI is InChI=1S/C37H37NO17/c1-17-47-9-8-37(55-17)15-49-35(30(39)33(37)40)53-31-22-13-25-24(50-16-51-25)12-21(22)28(29-23(31)14-48-34(29)41)18-10-26(45-2)32(27(11-18)46-3)54-36(42)52-20-6-4-19(5-7-20)38(43)44/h4-7,10-13,17,23,28-31,33,35,39-40H,8-9,14-16H2,1-3H3/t17?,23-,28+,29-,30?,31+,33?,35?,37?/m0/s1. The molecule has 0 radical (unpaired) electrons. The molecule has 8 rings (SSSR count). The average molecular weight is 768 g/mol. The smallest absolute Gasteiger partial charge is 0.493 e. The summed E-state index contributed by atoms with van der Waals surface area (Å²) < 4.78 is 63.1. The van der Waals surface area contributed by atoms with Gasteiger partial charge in [0.2, 0.25) is 12.5 Å². The van der Waals surface area contributed by atoms with Crippen molar-refractivity contribution in [1.29, 1.82) is 0 Å². The molecular weight excluding hydrogens is 730 g/mol. The third-order valence-corrected chi connectivity index (χ3v) is 10.6. The van der Waals surface area contributed by atoms with Gasteiger partial charge in [0, 0.05) is 30.4 Å². The monoisotopic (exact) mass is 767 g/mol. The number of carbonyl (C=O) groups is 2. The number of esters is 1. The molecule has 5 unspecified atom stereocenters. The summed E-state index contributed by atoms with van der Waals surface area (Å²) in [6, 6.07) is 11.5. The number of fused-ring (bicyclic) bond motifs is 3. The molecule has 1 aliphatic carbocycles. The highest BCUT2D eigenvalue weighted by Crippen LogP contribution is 2.57. The molecule has 3 aromatic rings. The lowest BCUT2D eigenvalue weighted by atomic mass is 9.66. The van der Waals surface area contributed by atoms with E-state index in [0.29, 0.717) is 41.2 Å². The van der Waals surface area contributed by atoms with Gasteiger partial charge in [0.1, 0.15) is 23.6 Å². The second kappa shape index (κ2) is 14.4. The number of methoxy groups -OCH3 is 2. The summed E-state index contributed by atoms with van der Waals surface area (Å²) in [6.45, 7) is 1.86. The van der Waals surface area contributed by atoms with Crippen LogP contribution in [0, 0.1) is 22.0 Å². The first kappa shape index (κ1) is 36.7. The van der Waals surface area contributed by atoms with Crippen LogP contribution in [0.5, 0.6) is 34.5 Å². The molecule has 0 amide bonds. The van der Waals surface area contributed by atoms with E-state index in [2.05, 4.69) is 0 Å². The second-order valence-electron chi connectivity index (χ2n) is 13.6. The summed E-state index contributed by atoms with van der Waals surface area (Å²) in [5.74, 6) is -1.82. The van der Waals surface area contributed by atoms with E-state index in [1.807, 2.05) is 0 Å². The number of aliphatic hydroxyl groups excluding tert-OH is 2. The molecular formula is C37H37NO17. The van der Waals surface area contributed by atoms with Gasteiger partial charge < -0.3 is 62.3 Å². The summed E-state index contributed by atoms with van der Waals surface area (Å²) in [6.07, 6.45) is -6.55. The van der Waals surface area contributed by atoms with Gasteiger partial charge in [-0.2, -0.15) is 0 Å².